The Morgan fingerprint density at radius 1 is 1.00 bits per heavy atom. The molecule has 19 heavy (non-hydrogen) atoms. The van der Waals surface area contributed by atoms with Crippen molar-refractivity contribution in [3.05, 3.63) is 65.2 Å². The number of anilines is 1. The van der Waals surface area contributed by atoms with Crippen molar-refractivity contribution < 1.29 is 4.79 Å². The van der Waals surface area contributed by atoms with E-state index in [1.807, 2.05) is 56.3 Å². The van der Waals surface area contributed by atoms with Gasteiger partial charge in [0.1, 0.15) is 0 Å². The summed E-state index contributed by atoms with van der Waals surface area (Å²) in [5.74, 6) is 0. The average Bonchev–Trinajstić information content (AvgIpc) is 2.39. The summed E-state index contributed by atoms with van der Waals surface area (Å²) in [5, 5.41) is 5.64. The molecule has 98 valence electrons. The van der Waals surface area contributed by atoms with Crippen LogP contribution >= 0.6 is 0 Å². The summed E-state index contributed by atoms with van der Waals surface area (Å²) < 4.78 is 0. The van der Waals surface area contributed by atoms with Crippen LogP contribution in [0.25, 0.3) is 0 Å². The SMILES string of the molecule is Cc1ccc(NC(=O)NCc2cccc(C)c2)cc1. The van der Waals surface area contributed by atoms with Crippen LogP contribution in [0, 0.1) is 13.8 Å². The van der Waals surface area contributed by atoms with E-state index in [4.69, 9.17) is 0 Å². The van der Waals surface area contributed by atoms with E-state index >= 15 is 0 Å². The third-order valence-corrected chi connectivity index (χ3v) is 2.84. The number of nitrogens with one attached hydrogen (secondary N) is 2. The number of carbonyl (C=O) groups excluding carboxylic acids is 1. The molecule has 0 aromatic heterocycles. The minimum atomic E-state index is -0.189. The first-order valence-electron chi connectivity index (χ1n) is 6.30. The van der Waals surface area contributed by atoms with Gasteiger partial charge in [-0.25, -0.2) is 4.79 Å². The van der Waals surface area contributed by atoms with Gasteiger partial charge in [-0.05, 0) is 31.5 Å². The lowest BCUT2D eigenvalue weighted by atomic mass is 10.1. The predicted molar refractivity (Wildman–Crippen MR) is 78.2 cm³/mol. The number of hydrogen-bond donors (Lipinski definition) is 2. The van der Waals surface area contributed by atoms with Crippen LogP contribution in [0.15, 0.2) is 48.5 Å². The fourth-order valence-electron chi connectivity index (χ4n) is 1.82. The molecule has 2 amide bonds. The Labute approximate surface area is 113 Å². The van der Waals surface area contributed by atoms with Crippen molar-refractivity contribution in [2.24, 2.45) is 0 Å². The summed E-state index contributed by atoms with van der Waals surface area (Å²) in [6.45, 7) is 4.58. The Morgan fingerprint density at radius 3 is 2.42 bits per heavy atom. The van der Waals surface area contributed by atoms with E-state index in [1.165, 1.54) is 11.1 Å². The first kappa shape index (κ1) is 13.1. The highest BCUT2D eigenvalue weighted by Gasteiger charge is 2.01. The van der Waals surface area contributed by atoms with Crippen molar-refractivity contribution in [1.29, 1.82) is 0 Å². The van der Waals surface area contributed by atoms with E-state index in [0.29, 0.717) is 6.54 Å². The van der Waals surface area contributed by atoms with Gasteiger partial charge in [0, 0.05) is 12.2 Å². The molecule has 0 aliphatic carbocycles. The van der Waals surface area contributed by atoms with Crippen molar-refractivity contribution in [2.45, 2.75) is 20.4 Å². The molecule has 0 unspecified atom stereocenters. The van der Waals surface area contributed by atoms with Gasteiger partial charge >= 0.3 is 6.03 Å². The molecule has 0 aliphatic heterocycles. The summed E-state index contributed by atoms with van der Waals surface area (Å²) in [4.78, 5) is 11.7. The molecular weight excluding hydrogens is 236 g/mol. The molecule has 0 spiro atoms. The van der Waals surface area contributed by atoms with Gasteiger partial charge in [-0.2, -0.15) is 0 Å². The van der Waals surface area contributed by atoms with E-state index in [9.17, 15) is 4.79 Å². The summed E-state index contributed by atoms with van der Waals surface area (Å²) >= 11 is 0. The molecule has 0 fully saturated rings. The summed E-state index contributed by atoms with van der Waals surface area (Å²) in [6, 6.07) is 15.6. The molecular formula is C16H18N2O. The van der Waals surface area contributed by atoms with Crippen molar-refractivity contribution in [3.63, 3.8) is 0 Å². The second-order valence-corrected chi connectivity index (χ2v) is 4.66. The highest BCUT2D eigenvalue weighted by molar-refractivity contribution is 5.89. The van der Waals surface area contributed by atoms with Gasteiger partial charge in [0.05, 0.1) is 0 Å². The van der Waals surface area contributed by atoms with E-state index in [1.54, 1.807) is 0 Å². The van der Waals surface area contributed by atoms with Gasteiger partial charge in [0.25, 0.3) is 0 Å². The Hall–Kier alpha value is -2.29. The van der Waals surface area contributed by atoms with Crippen LogP contribution in [0.5, 0.6) is 0 Å². The fraction of sp³-hybridized carbons (Fsp3) is 0.188. The van der Waals surface area contributed by atoms with Crippen LogP contribution in [-0.2, 0) is 6.54 Å². The summed E-state index contributed by atoms with van der Waals surface area (Å²) in [7, 11) is 0. The standard InChI is InChI=1S/C16H18N2O/c1-12-6-8-15(9-7-12)18-16(19)17-11-14-5-3-4-13(2)10-14/h3-10H,11H2,1-2H3,(H2,17,18,19). The molecule has 2 rings (SSSR count). The lowest BCUT2D eigenvalue weighted by Crippen LogP contribution is -2.28. The topological polar surface area (TPSA) is 41.1 Å². The van der Waals surface area contributed by atoms with Crippen molar-refractivity contribution in [1.82, 2.24) is 5.32 Å². The molecule has 3 nitrogen and oxygen atoms in total. The molecule has 0 saturated carbocycles. The fourth-order valence-corrected chi connectivity index (χ4v) is 1.82. The first-order valence-corrected chi connectivity index (χ1v) is 6.30. The summed E-state index contributed by atoms with van der Waals surface area (Å²) in [5.41, 5.74) is 4.26. The van der Waals surface area contributed by atoms with Gasteiger partial charge < -0.3 is 10.6 Å². The quantitative estimate of drug-likeness (QED) is 0.863. The maximum atomic E-state index is 11.7. The number of aryl methyl sites for hydroxylation is 2. The number of carbonyl (C=O) groups is 1. The Bertz CT molecular complexity index is 561. The Balaban J connectivity index is 1.86. The third-order valence-electron chi connectivity index (χ3n) is 2.84. The molecule has 2 aromatic carbocycles. The summed E-state index contributed by atoms with van der Waals surface area (Å²) in [6.07, 6.45) is 0. The number of urea groups is 1. The molecule has 0 saturated heterocycles. The van der Waals surface area contributed by atoms with Crippen LogP contribution in [0.2, 0.25) is 0 Å². The van der Waals surface area contributed by atoms with Crippen LogP contribution in [0.3, 0.4) is 0 Å². The number of benzene rings is 2. The lowest BCUT2D eigenvalue weighted by Gasteiger charge is -2.08. The molecule has 2 N–H and O–H groups in total. The minimum absolute atomic E-state index is 0.189. The normalized spacial score (nSPS) is 10.0. The van der Waals surface area contributed by atoms with E-state index in [0.717, 1.165) is 11.3 Å². The molecule has 0 atom stereocenters. The number of rotatable bonds is 3. The molecule has 0 aliphatic rings. The highest BCUT2D eigenvalue weighted by atomic mass is 16.2. The van der Waals surface area contributed by atoms with Gasteiger partial charge in [-0.3, -0.25) is 0 Å². The van der Waals surface area contributed by atoms with Crippen LogP contribution < -0.4 is 10.6 Å². The predicted octanol–water partition coefficient (Wildman–Crippen LogP) is 3.63. The van der Waals surface area contributed by atoms with Gasteiger partial charge in [0.2, 0.25) is 0 Å². The smallest absolute Gasteiger partial charge is 0.319 e. The molecule has 0 radical (unpaired) electrons. The minimum Gasteiger partial charge on any atom is -0.334 e. The van der Waals surface area contributed by atoms with Gasteiger partial charge in [0.15, 0.2) is 0 Å². The van der Waals surface area contributed by atoms with E-state index < -0.39 is 0 Å². The second-order valence-electron chi connectivity index (χ2n) is 4.66. The largest absolute Gasteiger partial charge is 0.334 e. The zero-order chi connectivity index (χ0) is 13.7. The lowest BCUT2D eigenvalue weighted by molar-refractivity contribution is 0.251. The maximum Gasteiger partial charge on any atom is 0.319 e. The maximum absolute atomic E-state index is 11.7. The second kappa shape index (κ2) is 6.05. The van der Waals surface area contributed by atoms with E-state index in [-0.39, 0.29) is 6.03 Å². The van der Waals surface area contributed by atoms with Crippen molar-refractivity contribution in [3.8, 4) is 0 Å². The molecule has 0 bridgehead atoms. The first-order chi connectivity index (χ1) is 9.13. The molecule has 3 heteroatoms. The highest BCUT2D eigenvalue weighted by Crippen LogP contribution is 2.08. The zero-order valence-electron chi connectivity index (χ0n) is 11.2. The molecule has 0 heterocycles. The Kier molecular flexibility index (Phi) is 4.18. The van der Waals surface area contributed by atoms with Crippen LogP contribution in [0.4, 0.5) is 10.5 Å². The van der Waals surface area contributed by atoms with Crippen molar-refractivity contribution >= 4 is 11.7 Å². The average molecular weight is 254 g/mol. The van der Waals surface area contributed by atoms with Crippen LogP contribution in [-0.4, -0.2) is 6.03 Å². The number of amides is 2. The van der Waals surface area contributed by atoms with Gasteiger partial charge in [-0.1, -0.05) is 47.5 Å². The van der Waals surface area contributed by atoms with Crippen LogP contribution in [0.1, 0.15) is 16.7 Å². The van der Waals surface area contributed by atoms with E-state index in [2.05, 4.69) is 16.7 Å². The zero-order valence-corrected chi connectivity index (χ0v) is 11.2. The Morgan fingerprint density at radius 2 is 1.74 bits per heavy atom. The monoisotopic (exact) mass is 254 g/mol. The van der Waals surface area contributed by atoms with Crippen molar-refractivity contribution in [2.75, 3.05) is 5.32 Å². The number of hydrogen-bond acceptors (Lipinski definition) is 1. The molecule has 2 aromatic rings. The van der Waals surface area contributed by atoms with Gasteiger partial charge in [-0.15, -0.1) is 0 Å². The third kappa shape index (κ3) is 4.14.